The maximum atomic E-state index is 14.1. The second-order valence-electron chi connectivity index (χ2n) is 7.48. The van der Waals surface area contributed by atoms with Crippen molar-refractivity contribution in [1.29, 1.82) is 0 Å². The SMILES string of the molecule is O=C(O)Cn1c(CCc2cccc(F)c2F)cc(=O)c2ccc(OCc3ccccn3)cc21. The molecule has 0 aliphatic rings. The number of aryl methyl sites for hydroxylation is 2. The highest BCUT2D eigenvalue weighted by atomic mass is 19.2. The van der Waals surface area contributed by atoms with Crippen molar-refractivity contribution >= 4 is 16.9 Å². The van der Waals surface area contributed by atoms with E-state index in [1.165, 1.54) is 22.8 Å². The number of ether oxygens (including phenoxy) is 1. The molecule has 1 N–H and O–H groups in total. The Morgan fingerprint density at radius 1 is 1.03 bits per heavy atom. The van der Waals surface area contributed by atoms with Gasteiger partial charge in [0, 0.05) is 29.4 Å². The monoisotopic (exact) mass is 450 g/mol. The van der Waals surface area contributed by atoms with E-state index in [9.17, 15) is 23.5 Å². The highest BCUT2D eigenvalue weighted by Gasteiger charge is 2.15. The van der Waals surface area contributed by atoms with Crippen LogP contribution in [-0.4, -0.2) is 20.6 Å². The van der Waals surface area contributed by atoms with Crippen LogP contribution in [0, 0.1) is 11.6 Å². The maximum Gasteiger partial charge on any atom is 0.323 e. The van der Waals surface area contributed by atoms with Crippen LogP contribution in [0.2, 0.25) is 0 Å². The zero-order chi connectivity index (χ0) is 23.4. The average Bonchev–Trinajstić information content (AvgIpc) is 2.81. The van der Waals surface area contributed by atoms with E-state index in [0.29, 0.717) is 28.0 Å². The van der Waals surface area contributed by atoms with Crippen LogP contribution < -0.4 is 10.2 Å². The van der Waals surface area contributed by atoms with Gasteiger partial charge in [-0.3, -0.25) is 14.6 Å². The summed E-state index contributed by atoms with van der Waals surface area (Å²) >= 11 is 0. The van der Waals surface area contributed by atoms with Gasteiger partial charge in [0.1, 0.15) is 18.9 Å². The van der Waals surface area contributed by atoms with E-state index >= 15 is 0 Å². The molecule has 33 heavy (non-hydrogen) atoms. The van der Waals surface area contributed by atoms with E-state index < -0.39 is 24.1 Å². The minimum Gasteiger partial charge on any atom is -0.487 e. The van der Waals surface area contributed by atoms with Gasteiger partial charge in [-0.1, -0.05) is 18.2 Å². The molecule has 0 spiro atoms. The van der Waals surface area contributed by atoms with Crippen molar-refractivity contribution in [2.24, 2.45) is 0 Å². The van der Waals surface area contributed by atoms with E-state index in [-0.39, 0.29) is 30.4 Å². The number of carbonyl (C=O) groups is 1. The molecule has 2 heterocycles. The number of hydrogen-bond acceptors (Lipinski definition) is 4. The number of hydrogen-bond donors (Lipinski definition) is 1. The predicted molar refractivity (Wildman–Crippen MR) is 118 cm³/mol. The summed E-state index contributed by atoms with van der Waals surface area (Å²) in [7, 11) is 0. The van der Waals surface area contributed by atoms with Crippen molar-refractivity contribution in [3.63, 3.8) is 0 Å². The molecular formula is C25H20F2N2O4. The fourth-order valence-corrected chi connectivity index (χ4v) is 3.67. The first-order valence-corrected chi connectivity index (χ1v) is 10.3. The lowest BCUT2D eigenvalue weighted by atomic mass is 10.0. The van der Waals surface area contributed by atoms with E-state index in [0.717, 1.165) is 6.07 Å². The number of pyridine rings is 2. The van der Waals surface area contributed by atoms with Gasteiger partial charge in [-0.15, -0.1) is 0 Å². The van der Waals surface area contributed by atoms with Crippen molar-refractivity contribution in [3.05, 3.63) is 106 Å². The summed E-state index contributed by atoms with van der Waals surface area (Å²) in [5.74, 6) is -2.56. The zero-order valence-electron chi connectivity index (χ0n) is 17.5. The number of carboxylic acids is 1. The molecule has 6 nitrogen and oxygen atoms in total. The topological polar surface area (TPSA) is 81.4 Å². The molecule has 0 bridgehead atoms. The summed E-state index contributed by atoms with van der Waals surface area (Å²) in [6.07, 6.45) is 1.90. The van der Waals surface area contributed by atoms with Crippen LogP contribution in [0.25, 0.3) is 10.9 Å². The molecule has 8 heteroatoms. The lowest BCUT2D eigenvalue weighted by molar-refractivity contribution is -0.137. The van der Waals surface area contributed by atoms with Gasteiger partial charge in [-0.25, -0.2) is 8.78 Å². The Morgan fingerprint density at radius 2 is 1.88 bits per heavy atom. The summed E-state index contributed by atoms with van der Waals surface area (Å²) in [6, 6.07) is 15.5. The molecule has 0 radical (unpaired) electrons. The van der Waals surface area contributed by atoms with Gasteiger partial charge in [0.2, 0.25) is 0 Å². The Labute approximate surface area is 187 Å². The molecule has 0 unspecified atom stereocenters. The van der Waals surface area contributed by atoms with Crippen LogP contribution in [-0.2, 0) is 30.8 Å². The first kappa shape index (κ1) is 22.1. The number of aromatic nitrogens is 2. The fourth-order valence-electron chi connectivity index (χ4n) is 3.67. The lowest BCUT2D eigenvalue weighted by Gasteiger charge is -2.16. The fraction of sp³-hybridized carbons (Fsp3) is 0.160. The molecule has 0 aliphatic carbocycles. The number of aliphatic carboxylic acids is 1. The largest absolute Gasteiger partial charge is 0.487 e. The number of nitrogens with zero attached hydrogens (tertiary/aromatic N) is 2. The first-order valence-electron chi connectivity index (χ1n) is 10.3. The van der Waals surface area contributed by atoms with E-state index in [2.05, 4.69) is 4.98 Å². The Morgan fingerprint density at radius 3 is 2.64 bits per heavy atom. The third kappa shape index (κ3) is 5.06. The van der Waals surface area contributed by atoms with Crippen molar-refractivity contribution in [3.8, 4) is 5.75 Å². The lowest BCUT2D eigenvalue weighted by Crippen LogP contribution is -2.19. The second-order valence-corrected chi connectivity index (χ2v) is 7.48. The first-order chi connectivity index (χ1) is 15.9. The van der Waals surface area contributed by atoms with E-state index in [4.69, 9.17) is 4.74 Å². The van der Waals surface area contributed by atoms with Gasteiger partial charge in [0.05, 0.1) is 11.2 Å². The van der Waals surface area contributed by atoms with Crippen LogP contribution in [0.15, 0.2) is 71.7 Å². The van der Waals surface area contributed by atoms with Crippen LogP contribution in [0.5, 0.6) is 5.75 Å². The smallest absolute Gasteiger partial charge is 0.323 e. The number of fused-ring (bicyclic) bond motifs is 1. The number of halogens is 2. The van der Waals surface area contributed by atoms with E-state index in [1.54, 1.807) is 30.5 Å². The van der Waals surface area contributed by atoms with Gasteiger partial charge >= 0.3 is 5.97 Å². The number of rotatable bonds is 8. The molecule has 2 aromatic carbocycles. The van der Waals surface area contributed by atoms with Crippen molar-refractivity contribution in [2.75, 3.05) is 0 Å². The Balaban J connectivity index is 1.70. The van der Waals surface area contributed by atoms with Crippen molar-refractivity contribution < 1.29 is 23.4 Å². The molecule has 2 aromatic heterocycles. The second kappa shape index (κ2) is 9.60. The van der Waals surface area contributed by atoms with E-state index in [1.807, 2.05) is 12.1 Å². The normalized spacial score (nSPS) is 11.0. The summed E-state index contributed by atoms with van der Waals surface area (Å²) in [4.78, 5) is 28.5. The number of carboxylic acid groups (broad SMARTS) is 1. The van der Waals surface area contributed by atoms with Crippen LogP contribution in [0.1, 0.15) is 17.0 Å². The third-order valence-electron chi connectivity index (χ3n) is 5.26. The Hall–Kier alpha value is -4.07. The quantitative estimate of drug-likeness (QED) is 0.437. The van der Waals surface area contributed by atoms with Crippen LogP contribution in [0.3, 0.4) is 0 Å². The van der Waals surface area contributed by atoms with Crippen molar-refractivity contribution in [1.82, 2.24) is 9.55 Å². The molecule has 0 saturated carbocycles. The molecule has 0 fully saturated rings. The zero-order valence-corrected chi connectivity index (χ0v) is 17.5. The van der Waals surface area contributed by atoms with Gasteiger partial charge in [-0.05, 0) is 48.7 Å². The number of benzene rings is 2. The molecule has 0 saturated heterocycles. The summed E-state index contributed by atoms with van der Waals surface area (Å²) in [5, 5.41) is 9.79. The van der Waals surface area contributed by atoms with Gasteiger partial charge in [0.15, 0.2) is 17.1 Å². The van der Waals surface area contributed by atoms with Crippen LogP contribution >= 0.6 is 0 Å². The van der Waals surface area contributed by atoms with Gasteiger partial charge in [0.25, 0.3) is 0 Å². The minimum absolute atomic E-state index is 0.101. The molecule has 4 rings (SSSR count). The molecule has 0 aliphatic heterocycles. The molecule has 168 valence electrons. The highest BCUT2D eigenvalue weighted by Crippen LogP contribution is 2.22. The predicted octanol–water partition coefficient (Wildman–Crippen LogP) is 4.12. The maximum absolute atomic E-state index is 14.1. The molecule has 0 atom stereocenters. The minimum atomic E-state index is -1.10. The Bertz CT molecular complexity index is 1370. The van der Waals surface area contributed by atoms with Crippen LogP contribution in [0.4, 0.5) is 8.78 Å². The van der Waals surface area contributed by atoms with Gasteiger partial charge < -0.3 is 14.4 Å². The van der Waals surface area contributed by atoms with Crippen molar-refractivity contribution in [2.45, 2.75) is 26.0 Å². The van der Waals surface area contributed by atoms with Gasteiger partial charge in [-0.2, -0.15) is 0 Å². The Kier molecular flexibility index (Phi) is 6.44. The average molecular weight is 450 g/mol. The third-order valence-corrected chi connectivity index (χ3v) is 5.26. The standard InChI is InChI=1S/C25H20F2N2O4/c26-21-6-3-4-16(25(21)27)7-8-18-12-23(30)20-10-9-19(13-22(20)29(18)14-24(31)32)33-15-17-5-1-2-11-28-17/h1-6,9-13H,7-8,14-15H2,(H,31,32). The highest BCUT2D eigenvalue weighted by molar-refractivity contribution is 5.82. The summed E-state index contributed by atoms with van der Waals surface area (Å²) in [6.45, 7) is -0.199. The molecular weight excluding hydrogens is 430 g/mol. The molecule has 4 aromatic rings. The summed E-state index contributed by atoms with van der Waals surface area (Å²) in [5.41, 5.74) is 1.36. The molecule has 0 amide bonds. The summed E-state index contributed by atoms with van der Waals surface area (Å²) < 4.78 is 34.9.